The van der Waals surface area contributed by atoms with E-state index in [1.807, 2.05) is 19.9 Å². The van der Waals surface area contributed by atoms with Crippen molar-refractivity contribution in [2.45, 2.75) is 20.0 Å². The van der Waals surface area contributed by atoms with Gasteiger partial charge in [0.05, 0.1) is 36.3 Å². The fourth-order valence-electron chi connectivity index (χ4n) is 3.45. The molecule has 0 bridgehead atoms. The van der Waals surface area contributed by atoms with Crippen molar-refractivity contribution in [3.05, 3.63) is 70.9 Å². The molecule has 184 valence electrons. The van der Waals surface area contributed by atoms with Crippen molar-refractivity contribution in [1.82, 2.24) is 40.4 Å². The maximum Gasteiger partial charge on any atom is 0.434 e. The van der Waals surface area contributed by atoms with Crippen LogP contribution in [0, 0.1) is 11.3 Å². The van der Waals surface area contributed by atoms with Crippen molar-refractivity contribution >= 4 is 33.2 Å². The Morgan fingerprint density at radius 1 is 1.19 bits per heavy atom. The highest BCUT2D eigenvalue weighted by Gasteiger charge is 2.41. The van der Waals surface area contributed by atoms with Gasteiger partial charge in [-0.2, -0.15) is 33.7 Å². The zero-order valence-corrected chi connectivity index (χ0v) is 19.7. The lowest BCUT2D eigenvalue weighted by Crippen LogP contribution is -2.34. The van der Waals surface area contributed by atoms with Crippen LogP contribution in [-0.2, 0) is 6.18 Å². The number of rotatable bonds is 4. The van der Waals surface area contributed by atoms with Crippen LogP contribution in [0.5, 0.6) is 0 Å². The van der Waals surface area contributed by atoms with Gasteiger partial charge in [0.1, 0.15) is 6.07 Å². The van der Waals surface area contributed by atoms with Gasteiger partial charge in [0, 0.05) is 22.0 Å². The quantitative estimate of drug-likeness (QED) is 0.426. The molecule has 0 atom stereocenters. The Morgan fingerprint density at radius 3 is 2.64 bits per heavy atom. The van der Waals surface area contributed by atoms with Gasteiger partial charge in [-0.1, -0.05) is 13.8 Å². The SMILES string of the molecule is CC.N#CC1=C(n2nccn2)NCC(NC(=O)c2cnn(-c3nccc4sccc34)c2C(F)(F)F)=C1. The summed E-state index contributed by atoms with van der Waals surface area (Å²) < 4.78 is 43.5. The van der Waals surface area contributed by atoms with E-state index in [0.717, 1.165) is 10.9 Å². The fraction of sp³-hybridized carbons (Fsp3) is 0.182. The Hall–Kier alpha value is -4.51. The first-order valence-electron chi connectivity index (χ1n) is 10.6. The van der Waals surface area contributed by atoms with E-state index in [9.17, 15) is 23.2 Å². The van der Waals surface area contributed by atoms with Crippen LogP contribution in [0.1, 0.15) is 29.9 Å². The second-order valence-corrected chi connectivity index (χ2v) is 7.90. The van der Waals surface area contributed by atoms with E-state index in [1.165, 1.54) is 40.8 Å². The molecule has 1 aliphatic heterocycles. The van der Waals surface area contributed by atoms with Gasteiger partial charge in [-0.15, -0.1) is 16.1 Å². The molecule has 0 unspecified atom stereocenters. The molecule has 36 heavy (non-hydrogen) atoms. The molecule has 5 rings (SSSR count). The van der Waals surface area contributed by atoms with E-state index in [2.05, 4.69) is 30.9 Å². The summed E-state index contributed by atoms with van der Waals surface area (Å²) in [6.45, 7) is 4.03. The number of pyridine rings is 1. The molecule has 0 aliphatic carbocycles. The summed E-state index contributed by atoms with van der Waals surface area (Å²) in [6, 6.07) is 5.27. The highest BCUT2D eigenvalue weighted by Crippen LogP contribution is 2.35. The Balaban J connectivity index is 0.00000148. The molecule has 4 aromatic rings. The van der Waals surface area contributed by atoms with Crippen molar-refractivity contribution in [2.24, 2.45) is 0 Å². The number of fused-ring (bicyclic) bond motifs is 1. The van der Waals surface area contributed by atoms with Crippen molar-refractivity contribution in [2.75, 3.05) is 6.54 Å². The number of hydrogen-bond donors (Lipinski definition) is 2. The molecule has 1 amide bonds. The summed E-state index contributed by atoms with van der Waals surface area (Å²) in [5.74, 6) is -0.777. The van der Waals surface area contributed by atoms with Crippen LogP contribution in [0.3, 0.4) is 0 Å². The maximum atomic E-state index is 14.1. The Morgan fingerprint density at radius 2 is 1.94 bits per heavy atom. The number of allylic oxidation sites excluding steroid dienone is 2. The third-order valence-electron chi connectivity index (χ3n) is 4.88. The zero-order chi connectivity index (χ0) is 25.9. The number of nitriles is 1. The average Bonchev–Trinajstić information content (AvgIpc) is 3.65. The Bertz CT molecular complexity index is 1510. The smallest absolute Gasteiger partial charge is 0.362 e. The molecular formula is C22H18F3N9OS. The molecule has 0 aromatic carbocycles. The van der Waals surface area contributed by atoms with Crippen LogP contribution in [0.4, 0.5) is 13.2 Å². The topological polar surface area (TPSA) is 126 Å². The minimum Gasteiger partial charge on any atom is -0.362 e. The molecule has 4 aromatic heterocycles. The van der Waals surface area contributed by atoms with Gasteiger partial charge in [-0.05, 0) is 23.6 Å². The van der Waals surface area contributed by atoms with Crippen LogP contribution in [0.2, 0.25) is 0 Å². The Labute approximate surface area is 206 Å². The van der Waals surface area contributed by atoms with Gasteiger partial charge in [0.15, 0.2) is 17.3 Å². The summed E-state index contributed by atoms with van der Waals surface area (Å²) in [5, 5.41) is 28.7. The first-order valence-corrected chi connectivity index (χ1v) is 11.5. The van der Waals surface area contributed by atoms with Gasteiger partial charge in [0.2, 0.25) is 0 Å². The van der Waals surface area contributed by atoms with Crippen molar-refractivity contribution in [3.63, 3.8) is 0 Å². The number of nitrogens with one attached hydrogen (secondary N) is 2. The molecule has 2 N–H and O–H groups in total. The molecule has 0 saturated carbocycles. The van der Waals surface area contributed by atoms with Crippen LogP contribution in [0.15, 0.2) is 59.6 Å². The van der Waals surface area contributed by atoms with E-state index in [1.54, 1.807) is 17.5 Å². The van der Waals surface area contributed by atoms with Crippen LogP contribution in [-0.4, -0.2) is 42.2 Å². The molecule has 0 spiro atoms. The monoisotopic (exact) mass is 513 g/mol. The number of thiophene rings is 1. The van der Waals surface area contributed by atoms with E-state index in [0.29, 0.717) is 10.1 Å². The molecule has 5 heterocycles. The average molecular weight is 514 g/mol. The van der Waals surface area contributed by atoms with Crippen molar-refractivity contribution < 1.29 is 18.0 Å². The number of alkyl halides is 3. The van der Waals surface area contributed by atoms with Gasteiger partial charge >= 0.3 is 6.18 Å². The maximum absolute atomic E-state index is 14.1. The number of carbonyl (C=O) groups is 1. The normalized spacial score (nSPS) is 13.4. The lowest BCUT2D eigenvalue weighted by atomic mass is 10.1. The van der Waals surface area contributed by atoms with Gasteiger partial charge in [-0.25, -0.2) is 9.67 Å². The zero-order valence-electron chi connectivity index (χ0n) is 18.9. The number of hydrogen-bond acceptors (Lipinski definition) is 8. The summed E-state index contributed by atoms with van der Waals surface area (Å²) >= 11 is 1.35. The minimum atomic E-state index is -4.89. The molecule has 0 saturated heterocycles. The van der Waals surface area contributed by atoms with Gasteiger partial charge < -0.3 is 10.6 Å². The van der Waals surface area contributed by atoms with Gasteiger partial charge in [0.25, 0.3) is 5.91 Å². The highest BCUT2D eigenvalue weighted by atomic mass is 32.1. The van der Waals surface area contributed by atoms with E-state index < -0.39 is 23.3 Å². The number of aromatic nitrogens is 6. The number of amides is 1. The summed E-state index contributed by atoms with van der Waals surface area (Å²) in [4.78, 5) is 18.1. The number of halogens is 3. The lowest BCUT2D eigenvalue weighted by Gasteiger charge is -2.19. The predicted octanol–water partition coefficient (Wildman–Crippen LogP) is 3.73. The fourth-order valence-corrected chi connectivity index (χ4v) is 4.23. The summed E-state index contributed by atoms with van der Waals surface area (Å²) in [5.41, 5.74) is -1.64. The van der Waals surface area contributed by atoms with Crippen molar-refractivity contribution in [3.8, 4) is 11.9 Å². The third kappa shape index (κ3) is 4.56. The first-order chi connectivity index (χ1) is 17.4. The number of nitrogens with zero attached hydrogens (tertiary/aromatic N) is 7. The second kappa shape index (κ2) is 10.0. The second-order valence-electron chi connectivity index (χ2n) is 6.95. The minimum absolute atomic E-state index is 0.0268. The van der Waals surface area contributed by atoms with Gasteiger partial charge in [-0.3, -0.25) is 4.79 Å². The molecule has 1 aliphatic rings. The predicted molar refractivity (Wildman–Crippen MR) is 125 cm³/mol. The summed E-state index contributed by atoms with van der Waals surface area (Å²) in [6.07, 6.45) is 1.54. The number of dihydropyridines is 1. The van der Waals surface area contributed by atoms with E-state index in [-0.39, 0.29) is 29.5 Å². The van der Waals surface area contributed by atoms with E-state index >= 15 is 0 Å². The van der Waals surface area contributed by atoms with Crippen LogP contribution < -0.4 is 10.6 Å². The first kappa shape index (κ1) is 24.6. The molecule has 0 fully saturated rings. The molecule has 10 nitrogen and oxygen atoms in total. The standard InChI is InChI=1S/C20H12F3N9OS.C2H6/c21-20(22,23)16-14(10-29-31(16)18-13-2-6-34-15(13)1-3-25-18)19(33)30-12-7-11(8-24)17(26-9-12)32-27-4-5-28-32;1-2/h1-7,10,26H,9H2,(H,30,33);1-2H3. The van der Waals surface area contributed by atoms with Crippen LogP contribution >= 0.6 is 11.3 Å². The largest absolute Gasteiger partial charge is 0.434 e. The highest BCUT2D eigenvalue weighted by molar-refractivity contribution is 7.17. The van der Waals surface area contributed by atoms with E-state index in [4.69, 9.17) is 0 Å². The third-order valence-corrected chi connectivity index (χ3v) is 5.76. The van der Waals surface area contributed by atoms with Crippen LogP contribution in [0.25, 0.3) is 21.7 Å². The molecule has 14 heteroatoms. The molecular weight excluding hydrogens is 495 g/mol. The van der Waals surface area contributed by atoms with Crippen molar-refractivity contribution in [1.29, 1.82) is 5.26 Å². The summed E-state index contributed by atoms with van der Waals surface area (Å²) in [7, 11) is 0. The lowest BCUT2D eigenvalue weighted by molar-refractivity contribution is -0.143. The number of carbonyl (C=O) groups excluding carboxylic acids is 1. The Kier molecular flexibility index (Phi) is 6.84. The molecule has 0 radical (unpaired) electrons.